The van der Waals surface area contributed by atoms with Crippen LogP contribution in [0.25, 0.3) is 44.0 Å². The van der Waals surface area contributed by atoms with E-state index in [0.717, 1.165) is 38.3 Å². The molecule has 0 saturated carbocycles. The van der Waals surface area contributed by atoms with E-state index in [1.165, 1.54) is 6.20 Å². The molecule has 3 heteroatoms. The molecule has 0 unspecified atom stereocenters. The van der Waals surface area contributed by atoms with Crippen LogP contribution in [0.1, 0.15) is 9.68 Å². The van der Waals surface area contributed by atoms with E-state index in [1.54, 1.807) is 18.3 Å². The zero-order chi connectivity index (χ0) is 18.6. The normalized spacial score (nSPS) is 13.9. The second kappa shape index (κ2) is 4.90. The number of rotatable bonds is 1. The van der Waals surface area contributed by atoms with Crippen LogP contribution >= 0.6 is 0 Å². The van der Waals surface area contributed by atoms with Crippen LogP contribution in [0.5, 0.6) is 0 Å². The van der Waals surface area contributed by atoms with Crippen molar-refractivity contribution in [2.75, 3.05) is 0 Å². The van der Waals surface area contributed by atoms with Crippen molar-refractivity contribution in [3.63, 3.8) is 0 Å². The topological polar surface area (TPSA) is 38.9 Å². The molecule has 0 aliphatic heterocycles. The molecule has 0 spiro atoms. The Labute approximate surface area is 142 Å². The average molecular weight is 313 g/mol. The van der Waals surface area contributed by atoms with Crippen molar-refractivity contribution in [3.8, 4) is 11.3 Å². The van der Waals surface area contributed by atoms with E-state index >= 15 is 0 Å². The SMILES string of the molecule is [2H]C([2H])([2H])c1ccc(-c2cccc3c2oc2c4cnccc4ccc32)nc1. The number of hydrogen-bond donors (Lipinski definition) is 0. The minimum atomic E-state index is -2.16. The second-order valence-corrected chi connectivity index (χ2v) is 5.76. The van der Waals surface area contributed by atoms with Crippen molar-refractivity contribution < 1.29 is 8.53 Å². The maximum atomic E-state index is 7.50. The van der Waals surface area contributed by atoms with Crippen LogP contribution in [0.15, 0.2) is 71.5 Å². The summed E-state index contributed by atoms with van der Waals surface area (Å²) in [5.41, 5.74) is 3.26. The summed E-state index contributed by atoms with van der Waals surface area (Å²) in [6.45, 7) is -2.16. The predicted molar refractivity (Wildman–Crippen MR) is 97.0 cm³/mol. The van der Waals surface area contributed by atoms with Gasteiger partial charge in [-0.2, -0.15) is 0 Å². The van der Waals surface area contributed by atoms with Crippen LogP contribution in [-0.4, -0.2) is 9.97 Å². The number of aryl methyl sites for hydroxylation is 1. The van der Waals surface area contributed by atoms with Crippen molar-refractivity contribution in [2.45, 2.75) is 6.85 Å². The van der Waals surface area contributed by atoms with Crippen molar-refractivity contribution in [3.05, 3.63) is 72.7 Å². The number of pyridine rings is 2. The number of benzene rings is 2. The van der Waals surface area contributed by atoms with Gasteiger partial charge in [0, 0.05) is 44.4 Å². The lowest BCUT2D eigenvalue weighted by molar-refractivity contribution is 0.673. The third kappa shape index (κ3) is 1.85. The smallest absolute Gasteiger partial charge is 0.144 e. The molecule has 3 nitrogen and oxygen atoms in total. The van der Waals surface area contributed by atoms with Gasteiger partial charge < -0.3 is 4.42 Å². The molecule has 0 aliphatic carbocycles. The Hall–Kier alpha value is -3.20. The van der Waals surface area contributed by atoms with Gasteiger partial charge in [-0.05, 0) is 42.1 Å². The van der Waals surface area contributed by atoms with Gasteiger partial charge in [-0.25, -0.2) is 0 Å². The molecular weight excluding hydrogens is 296 g/mol. The van der Waals surface area contributed by atoms with Crippen molar-refractivity contribution in [1.29, 1.82) is 0 Å². The summed E-state index contributed by atoms with van der Waals surface area (Å²) in [6, 6.07) is 15.3. The molecule has 0 amide bonds. The zero-order valence-electron chi connectivity index (χ0n) is 15.7. The van der Waals surface area contributed by atoms with Crippen molar-refractivity contribution >= 4 is 32.7 Å². The molecular formula is C21H14N2O. The maximum Gasteiger partial charge on any atom is 0.144 e. The number of aromatic nitrogens is 2. The van der Waals surface area contributed by atoms with Crippen molar-refractivity contribution in [2.24, 2.45) is 0 Å². The monoisotopic (exact) mass is 313 g/mol. The van der Waals surface area contributed by atoms with E-state index in [-0.39, 0.29) is 5.56 Å². The maximum absolute atomic E-state index is 7.50. The molecule has 3 aromatic heterocycles. The third-order valence-corrected chi connectivity index (χ3v) is 4.32. The minimum Gasteiger partial charge on any atom is -0.455 e. The molecule has 0 aliphatic rings. The quantitative estimate of drug-likeness (QED) is 0.410. The summed E-state index contributed by atoms with van der Waals surface area (Å²) in [5, 5.41) is 4.04. The number of nitrogens with zero attached hydrogens (tertiary/aromatic N) is 2. The van der Waals surface area contributed by atoms with Crippen LogP contribution in [0.3, 0.4) is 0 Å². The van der Waals surface area contributed by atoms with Gasteiger partial charge in [-0.3, -0.25) is 9.97 Å². The summed E-state index contributed by atoms with van der Waals surface area (Å²) < 4.78 is 28.8. The van der Waals surface area contributed by atoms with Gasteiger partial charge in [-0.1, -0.05) is 24.3 Å². The molecule has 3 heterocycles. The average Bonchev–Trinajstić information content (AvgIpc) is 3.07. The Morgan fingerprint density at radius 3 is 2.71 bits per heavy atom. The summed E-state index contributed by atoms with van der Waals surface area (Å²) >= 11 is 0. The minimum absolute atomic E-state index is 0.222. The highest BCUT2D eigenvalue weighted by Gasteiger charge is 2.14. The summed E-state index contributed by atoms with van der Waals surface area (Å²) in [6.07, 6.45) is 4.98. The lowest BCUT2D eigenvalue weighted by atomic mass is 10.0. The fourth-order valence-electron chi connectivity index (χ4n) is 3.17. The number of para-hydroxylation sites is 1. The van der Waals surface area contributed by atoms with Gasteiger partial charge in [0.15, 0.2) is 0 Å². The first-order valence-electron chi connectivity index (χ1n) is 9.17. The molecule has 0 fully saturated rings. The highest BCUT2D eigenvalue weighted by Crippen LogP contribution is 2.37. The first kappa shape index (κ1) is 10.6. The van der Waals surface area contributed by atoms with Gasteiger partial charge >= 0.3 is 0 Å². The van der Waals surface area contributed by atoms with E-state index in [2.05, 4.69) is 22.1 Å². The molecule has 0 N–H and O–H groups in total. The molecule has 2 aromatic carbocycles. The standard InChI is InChI=1S/C21H14N2O/c1-13-5-8-19(23-11-13)17-4-2-3-15-16-7-6-14-9-10-22-12-18(14)21(16)24-20(15)17/h2-12H,1H3/i1D3. The number of furan rings is 1. The highest BCUT2D eigenvalue weighted by atomic mass is 16.3. The molecule has 5 aromatic rings. The lowest BCUT2D eigenvalue weighted by Gasteiger charge is -2.02. The molecule has 5 rings (SSSR count). The predicted octanol–water partition coefficient (Wildman–Crippen LogP) is 5.50. The fraction of sp³-hybridized carbons (Fsp3) is 0.0476. The van der Waals surface area contributed by atoms with Crippen LogP contribution in [0, 0.1) is 6.85 Å². The van der Waals surface area contributed by atoms with E-state index < -0.39 is 6.85 Å². The van der Waals surface area contributed by atoms with Crippen molar-refractivity contribution in [1.82, 2.24) is 9.97 Å². The van der Waals surface area contributed by atoms with Gasteiger partial charge in [0.05, 0.1) is 5.69 Å². The summed E-state index contributed by atoms with van der Waals surface area (Å²) in [7, 11) is 0. The van der Waals surface area contributed by atoms with Gasteiger partial charge in [0.25, 0.3) is 0 Å². The molecule has 0 bridgehead atoms. The van der Waals surface area contributed by atoms with Gasteiger partial charge in [-0.15, -0.1) is 0 Å². The molecule has 0 saturated heterocycles. The molecule has 0 radical (unpaired) electrons. The van der Waals surface area contributed by atoms with Crippen LogP contribution in [0.2, 0.25) is 0 Å². The Balaban J connectivity index is 1.77. The molecule has 0 atom stereocenters. The number of fused-ring (bicyclic) bond motifs is 5. The highest BCUT2D eigenvalue weighted by molar-refractivity contribution is 6.16. The Kier molecular flexibility index (Phi) is 2.15. The molecule has 114 valence electrons. The Morgan fingerprint density at radius 1 is 0.875 bits per heavy atom. The number of hydrogen-bond acceptors (Lipinski definition) is 3. The lowest BCUT2D eigenvalue weighted by Crippen LogP contribution is -1.84. The van der Waals surface area contributed by atoms with E-state index in [9.17, 15) is 0 Å². The second-order valence-electron chi connectivity index (χ2n) is 5.76. The van der Waals surface area contributed by atoms with E-state index in [0.29, 0.717) is 5.69 Å². The molecule has 24 heavy (non-hydrogen) atoms. The third-order valence-electron chi connectivity index (χ3n) is 4.32. The van der Waals surface area contributed by atoms with Crippen LogP contribution in [-0.2, 0) is 0 Å². The zero-order valence-corrected chi connectivity index (χ0v) is 12.7. The van der Waals surface area contributed by atoms with Gasteiger partial charge in [0.1, 0.15) is 11.2 Å². The summed E-state index contributed by atoms with van der Waals surface area (Å²) in [4.78, 5) is 8.59. The van der Waals surface area contributed by atoms with Crippen LogP contribution < -0.4 is 0 Å². The summed E-state index contributed by atoms with van der Waals surface area (Å²) in [5.74, 6) is 0. The first-order chi connectivity index (χ1) is 13.0. The fourth-order valence-corrected chi connectivity index (χ4v) is 3.17. The van der Waals surface area contributed by atoms with Crippen LogP contribution in [0.4, 0.5) is 0 Å². The Morgan fingerprint density at radius 2 is 1.83 bits per heavy atom. The Bertz CT molecular complexity index is 1300. The largest absolute Gasteiger partial charge is 0.455 e. The van der Waals surface area contributed by atoms with Gasteiger partial charge in [0.2, 0.25) is 0 Å². The van der Waals surface area contributed by atoms with E-state index in [4.69, 9.17) is 8.53 Å². The first-order valence-corrected chi connectivity index (χ1v) is 7.67. The van der Waals surface area contributed by atoms with E-state index in [1.807, 2.05) is 30.5 Å².